The van der Waals surface area contributed by atoms with Crippen LogP contribution in [-0.2, 0) is 17.8 Å². The Morgan fingerprint density at radius 3 is 2.37 bits per heavy atom. The highest BCUT2D eigenvalue weighted by Crippen LogP contribution is 2.73. The summed E-state index contributed by atoms with van der Waals surface area (Å²) in [4.78, 5) is 34.7. The second-order valence-electron chi connectivity index (χ2n) is 9.93. The van der Waals surface area contributed by atoms with Crippen molar-refractivity contribution in [3.05, 3.63) is 16.0 Å². The van der Waals surface area contributed by atoms with Gasteiger partial charge in [0.2, 0.25) is 17.6 Å². The van der Waals surface area contributed by atoms with Gasteiger partial charge in [0.25, 0.3) is 5.56 Å². The highest BCUT2D eigenvalue weighted by Gasteiger charge is 2.78. The number of amides is 1. The summed E-state index contributed by atoms with van der Waals surface area (Å²) >= 11 is 0. The van der Waals surface area contributed by atoms with Crippen LogP contribution in [0.25, 0.3) is 5.78 Å². The third kappa shape index (κ3) is 3.92. The molecule has 1 aliphatic heterocycles. The predicted octanol–water partition coefficient (Wildman–Crippen LogP) is 0.952. The number of fused-ring (bicyclic) bond motifs is 1. The number of anilines is 2. The number of piperazine rings is 1. The quantitative estimate of drug-likeness (QED) is 0.587. The first-order chi connectivity index (χ1) is 16.0. The van der Waals surface area contributed by atoms with Crippen LogP contribution in [0.15, 0.2) is 4.79 Å². The Morgan fingerprint density at radius 1 is 1.20 bits per heavy atom. The Labute approximate surface area is 206 Å². The summed E-state index contributed by atoms with van der Waals surface area (Å²) in [7, 11) is 3.51. The fourth-order valence-corrected chi connectivity index (χ4v) is 5.70. The molecule has 3 aliphatic carbocycles. The van der Waals surface area contributed by atoms with Gasteiger partial charge in [-0.2, -0.15) is 22.7 Å². The third-order valence-corrected chi connectivity index (χ3v) is 7.32. The van der Waals surface area contributed by atoms with Crippen LogP contribution in [0, 0.1) is 5.41 Å². The van der Waals surface area contributed by atoms with Gasteiger partial charge in [0.05, 0.1) is 11.1 Å². The molecule has 2 N–H and O–H groups in total. The van der Waals surface area contributed by atoms with E-state index in [-0.39, 0.29) is 49.6 Å². The van der Waals surface area contributed by atoms with Crippen LogP contribution in [-0.4, -0.2) is 77.1 Å². The van der Waals surface area contributed by atoms with E-state index in [1.807, 2.05) is 11.8 Å². The molecule has 4 aliphatic rings. The van der Waals surface area contributed by atoms with Crippen molar-refractivity contribution in [1.82, 2.24) is 29.8 Å². The summed E-state index contributed by atoms with van der Waals surface area (Å²) in [6.07, 6.45) is -3.97. The number of alkyl halides is 3. The standard InChI is InChI=1S/C21H29F3N8O2.ClH/c1-4-13-15(30-7-5-25-6-8-30)16(34)32-18(26-17(28-32)29(2)3)31(13)9-14(33)27-20-10-19(11-20,12-20)21(22,23)24;/h25H,4-12H2,1-3H3,(H,27,33);1H. The zero-order valence-electron chi connectivity index (χ0n) is 19.9. The molecule has 10 nitrogen and oxygen atoms in total. The smallest absolute Gasteiger partial charge is 0.363 e. The van der Waals surface area contributed by atoms with Gasteiger partial charge < -0.3 is 25.0 Å². The van der Waals surface area contributed by atoms with Crippen molar-refractivity contribution in [3.8, 4) is 0 Å². The molecule has 1 amide bonds. The minimum absolute atomic E-state index is 0. The fourth-order valence-electron chi connectivity index (χ4n) is 5.70. The summed E-state index contributed by atoms with van der Waals surface area (Å²) in [5.74, 6) is 0.178. The number of carbonyl (C=O) groups excluding carboxylic acids is 1. The van der Waals surface area contributed by atoms with Crippen LogP contribution in [0.4, 0.5) is 24.8 Å². The van der Waals surface area contributed by atoms with Gasteiger partial charge in [0, 0.05) is 45.8 Å². The van der Waals surface area contributed by atoms with Gasteiger partial charge in [0.1, 0.15) is 12.2 Å². The van der Waals surface area contributed by atoms with Crippen LogP contribution < -0.4 is 26.0 Å². The van der Waals surface area contributed by atoms with Gasteiger partial charge in [0.15, 0.2) is 0 Å². The molecule has 2 bridgehead atoms. The van der Waals surface area contributed by atoms with Gasteiger partial charge in [-0.15, -0.1) is 17.5 Å². The summed E-state index contributed by atoms with van der Waals surface area (Å²) in [6.45, 7) is 4.48. The molecule has 6 rings (SSSR count). The molecule has 3 saturated carbocycles. The molecule has 2 aromatic heterocycles. The first kappa shape index (κ1) is 25.5. The Hall–Kier alpha value is -2.54. The lowest BCUT2D eigenvalue weighted by Crippen LogP contribution is -2.78. The minimum Gasteiger partial charge on any atom is -0.363 e. The molecule has 2 aromatic rings. The zero-order valence-corrected chi connectivity index (χ0v) is 20.7. The van der Waals surface area contributed by atoms with E-state index >= 15 is 0 Å². The molecule has 194 valence electrons. The topological polar surface area (TPSA) is 99.8 Å². The van der Waals surface area contributed by atoms with E-state index in [0.29, 0.717) is 36.8 Å². The SMILES string of the molecule is CCc1c(N2CCNCC2)c(=O)n2nc(N(C)C)nc2n1CC(=O)NC12CC(C(F)(F)F)(C1)C2.Cl. The van der Waals surface area contributed by atoms with E-state index in [4.69, 9.17) is 0 Å². The number of nitrogens with zero attached hydrogens (tertiary/aromatic N) is 6. The first-order valence-electron chi connectivity index (χ1n) is 11.5. The van der Waals surface area contributed by atoms with Gasteiger partial charge in [-0.25, -0.2) is 0 Å². The number of halogens is 4. The number of rotatable bonds is 6. The lowest BCUT2D eigenvalue weighted by molar-refractivity contribution is -0.337. The lowest BCUT2D eigenvalue weighted by Gasteiger charge is -2.70. The molecular weight excluding hydrogens is 489 g/mol. The van der Waals surface area contributed by atoms with Crippen molar-refractivity contribution in [2.24, 2.45) is 5.41 Å². The molecule has 1 saturated heterocycles. The van der Waals surface area contributed by atoms with Gasteiger partial charge in [-0.3, -0.25) is 9.59 Å². The van der Waals surface area contributed by atoms with Gasteiger partial charge in [-0.1, -0.05) is 6.92 Å². The summed E-state index contributed by atoms with van der Waals surface area (Å²) < 4.78 is 42.5. The van der Waals surface area contributed by atoms with Crippen molar-refractivity contribution in [1.29, 1.82) is 0 Å². The average molecular weight is 519 g/mol. The van der Waals surface area contributed by atoms with Crippen LogP contribution in [0.5, 0.6) is 0 Å². The largest absolute Gasteiger partial charge is 0.394 e. The molecule has 14 heteroatoms. The van der Waals surface area contributed by atoms with E-state index in [9.17, 15) is 22.8 Å². The molecule has 0 unspecified atom stereocenters. The van der Waals surface area contributed by atoms with Crippen LogP contribution in [0.3, 0.4) is 0 Å². The molecular formula is C21H30ClF3N8O2. The summed E-state index contributed by atoms with van der Waals surface area (Å²) in [5.41, 5.74) is -1.56. The molecule has 0 spiro atoms. The average Bonchev–Trinajstić information content (AvgIpc) is 3.17. The molecule has 0 aromatic carbocycles. The number of carbonyl (C=O) groups is 1. The zero-order chi connectivity index (χ0) is 24.5. The number of nitrogens with one attached hydrogen (secondary N) is 2. The molecule has 3 heterocycles. The first-order valence-corrected chi connectivity index (χ1v) is 11.5. The number of aromatic nitrogens is 4. The minimum atomic E-state index is -4.23. The molecule has 0 atom stereocenters. The maximum absolute atomic E-state index is 13.5. The highest BCUT2D eigenvalue weighted by molar-refractivity contribution is 5.85. The van der Waals surface area contributed by atoms with E-state index in [0.717, 1.165) is 13.1 Å². The molecule has 35 heavy (non-hydrogen) atoms. The van der Waals surface area contributed by atoms with Crippen molar-refractivity contribution < 1.29 is 18.0 Å². The van der Waals surface area contributed by atoms with Gasteiger partial charge in [-0.05, 0) is 25.7 Å². The van der Waals surface area contributed by atoms with E-state index in [1.54, 1.807) is 23.6 Å². The highest BCUT2D eigenvalue weighted by atomic mass is 35.5. The van der Waals surface area contributed by atoms with Crippen LogP contribution in [0.2, 0.25) is 0 Å². The Bertz CT molecular complexity index is 1180. The predicted molar refractivity (Wildman–Crippen MR) is 126 cm³/mol. The number of hydrogen-bond donors (Lipinski definition) is 2. The maximum atomic E-state index is 13.5. The second kappa shape index (κ2) is 8.54. The fraction of sp³-hybridized carbons (Fsp3) is 0.714. The van der Waals surface area contributed by atoms with Crippen molar-refractivity contribution in [3.63, 3.8) is 0 Å². The van der Waals surface area contributed by atoms with Crippen molar-refractivity contribution in [2.45, 2.75) is 50.9 Å². The summed E-state index contributed by atoms with van der Waals surface area (Å²) in [6, 6.07) is 0. The Morgan fingerprint density at radius 2 is 1.83 bits per heavy atom. The molecule has 0 radical (unpaired) electrons. The van der Waals surface area contributed by atoms with Crippen molar-refractivity contribution in [2.75, 3.05) is 50.1 Å². The summed E-state index contributed by atoms with van der Waals surface area (Å²) in [5, 5.41) is 10.5. The van der Waals surface area contributed by atoms with E-state index in [2.05, 4.69) is 20.7 Å². The second-order valence-corrected chi connectivity index (χ2v) is 9.93. The van der Waals surface area contributed by atoms with Gasteiger partial charge >= 0.3 is 6.18 Å². The monoisotopic (exact) mass is 518 g/mol. The lowest BCUT2D eigenvalue weighted by atomic mass is 9.39. The van der Waals surface area contributed by atoms with Crippen LogP contribution >= 0.6 is 12.4 Å². The third-order valence-electron chi connectivity index (χ3n) is 7.32. The van der Waals surface area contributed by atoms with E-state index in [1.165, 1.54) is 4.52 Å². The molecule has 4 fully saturated rings. The Balaban J connectivity index is 0.00000289. The normalized spacial score (nSPS) is 25.5. The van der Waals surface area contributed by atoms with Crippen LogP contribution in [0.1, 0.15) is 31.9 Å². The maximum Gasteiger partial charge on any atom is 0.394 e. The number of hydrogen-bond acceptors (Lipinski definition) is 7. The van der Waals surface area contributed by atoms with E-state index < -0.39 is 23.0 Å². The Kier molecular flexibility index (Phi) is 6.23. The van der Waals surface area contributed by atoms with Crippen molar-refractivity contribution >= 4 is 35.7 Å².